The minimum atomic E-state index is 0.526. The molecule has 0 fully saturated rings. The van der Waals surface area contributed by atoms with Crippen LogP contribution in [0.4, 0.5) is 0 Å². The van der Waals surface area contributed by atoms with E-state index in [0.29, 0.717) is 10.6 Å². The van der Waals surface area contributed by atoms with Gasteiger partial charge in [-0.2, -0.15) is 0 Å². The Morgan fingerprint density at radius 2 is 2.08 bits per heavy atom. The van der Waals surface area contributed by atoms with Gasteiger partial charge in [0.1, 0.15) is 0 Å². The molecular weight excluding hydrogens is 168 g/mol. The van der Waals surface area contributed by atoms with Gasteiger partial charge in [0, 0.05) is 19.8 Å². The summed E-state index contributed by atoms with van der Waals surface area (Å²) in [6.45, 7) is 7.09. The molecule has 0 aromatic carbocycles. The second-order valence-electron chi connectivity index (χ2n) is 2.43. The third-order valence-electron chi connectivity index (χ3n) is 1.33. The van der Waals surface area contributed by atoms with Crippen LogP contribution in [0.5, 0.6) is 0 Å². The fraction of sp³-hybridized carbons (Fsp3) is 0.222. The molecule has 0 aromatic rings. The summed E-state index contributed by atoms with van der Waals surface area (Å²) in [4.78, 5) is 2.48. The lowest BCUT2D eigenvalue weighted by molar-refractivity contribution is 0.528. The first kappa shape index (κ1) is 11.0. The number of allylic oxidation sites excluding steroid dienone is 1. The average molecular weight is 182 g/mol. The highest BCUT2D eigenvalue weighted by Crippen LogP contribution is 2.17. The van der Waals surface area contributed by atoms with Gasteiger partial charge in [-0.1, -0.05) is 13.2 Å². The molecule has 2 N–H and O–H groups in total. The zero-order valence-corrected chi connectivity index (χ0v) is 8.36. The Hall–Kier alpha value is -1.05. The summed E-state index contributed by atoms with van der Waals surface area (Å²) in [7, 11) is 3.75. The number of nitrogens with two attached hydrogens (primary N) is 1. The molecule has 0 aromatic heterocycles. The molecule has 0 aliphatic rings. The van der Waals surface area contributed by atoms with Crippen LogP contribution in [0.2, 0.25) is 0 Å². The molecule has 0 amide bonds. The van der Waals surface area contributed by atoms with E-state index < -0.39 is 0 Å². The molecule has 0 spiro atoms. The topological polar surface area (TPSA) is 29.3 Å². The van der Waals surface area contributed by atoms with Crippen LogP contribution in [0.1, 0.15) is 0 Å². The second-order valence-corrected chi connectivity index (χ2v) is 2.88. The van der Waals surface area contributed by atoms with E-state index >= 15 is 0 Å². The van der Waals surface area contributed by atoms with Gasteiger partial charge in [0.25, 0.3) is 0 Å². The highest BCUT2D eigenvalue weighted by atomic mass is 32.1. The Balaban J connectivity index is 5.03. The molecule has 0 unspecified atom stereocenters. The predicted octanol–water partition coefficient (Wildman–Crippen LogP) is 1.50. The number of thiol groups is 1. The van der Waals surface area contributed by atoms with Crippen LogP contribution >= 0.6 is 12.6 Å². The number of hydrogen-bond acceptors (Lipinski definition) is 3. The second kappa shape index (κ2) is 4.75. The van der Waals surface area contributed by atoms with Crippen LogP contribution in [0.15, 0.2) is 41.3 Å². The highest BCUT2D eigenvalue weighted by Gasteiger charge is 2.04. The van der Waals surface area contributed by atoms with E-state index in [9.17, 15) is 0 Å². The zero-order valence-electron chi connectivity index (χ0n) is 7.46. The normalized spacial score (nSPS) is 11.2. The molecule has 2 nitrogen and oxygen atoms in total. The molecular formula is C9H14N2S. The summed E-state index contributed by atoms with van der Waals surface area (Å²) >= 11 is 4.22. The van der Waals surface area contributed by atoms with Crippen molar-refractivity contribution < 1.29 is 0 Å². The van der Waals surface area contributed by atoms with Crippen molar-refractivity contribution in [3.63, 3.8) is 0 Å². The van der Waals surface area contributed by atoms with E-state index in [2.05, 4.69) is 31.5 Å². The fourth-order valence-electron chi connectivity index (χ4n) is 0.687. The molecule has 12 heavy (non-hydrogen) atoms. The number of rotatable bonds is 3. The first-order valence-electron chi connectivity index (χ1n) is 3.43. The Morgan fingerprint density at radius 1 is 1.58 bits per heavy atom. The summed E-state index contributed by atoms with van der Waals surface area (Å²) in [6.07, 6.45) is 1.54. The van der Waals surface area contributed by atoms with Gasteiger partial charge in [-0.15, -0.1) is 18.4 Å². The lowest BCUT2D eigenvalue weighted by Gasteiger charge is -2.15. The van der Waals surface area contributed by atoms with E-state index in [4.69, 9.17) is 5.73 Å². The largest absolute Gasteiger partial charge is 0.398 e. The Morgan fingerprint density at radius 3 is 2.33 bits per heavy atom. The Labute approximate surface area is 79.2 Å². The lowest BCUT2D eigenvalue weighted by Crippen LogP contribution is -2.12. The smallest absolute Gasteiger partial charge is 0.0945 e. The van der Waals surface area contributed by atoms with E-state index in [1.54, 1.807) is 6.08 Å². The maximum absolute atomic E-state index is 5.60. The molecule has 0 atom stereocenters. The van der Waals surface area contributed by atoms with Crippen molar-refractivity contribution in [2.24, 2.45) is 5.73 Å². The maximum Gasteiger partial charge on any atom is 0.0945 e. The van der Waals surface area contributed by atoms with Crippen LogP contribution in [0, 0.1) is 0 Å². The van der Waals surface area contributed by atoms with E-state index in [-0.39, 0.29) is 0 Å². The fourth-order valence-corrected chi connectivity index (χ4v) is 1.06. The Kier molecular flexibility index (Phi) is 4.34. The van der Waals surface area contributed by atoms with Gasteiger partial charge in [0.2, 0.25) is 0 Å². The van der Waals surface area contributed by atoms with Crippen LogP contribution in [-0.2, 0) is 0 Å². The number of nitrogens with zero attached hydrogens (tertiary/aromatic N) is 1. The SMILES string of the molecule is C=C=C(/C(S)=C(/N)C=C)N(C)C. The van der Waals surface area contributed by atoms with Crippen LogP contribution in [0.3, 0.4) is 0 Å². The standard InChI is InChI=1S/C9H14N2S/c1-5-7(10)9(12)8(6-2)11(3)4/h5,12H,1-2,10H2,3-4H3/b9-7-. The molecule has 0 aliphatic heterocycles. The maximum atomic E-state index is 5.60. The quantitative estimate of drug-likeness (QED) is 0.393. The molecule has 3 heteroatoms. The van der Waals surface area contributed by atoms with Gasteiger partial charge >= 0.3 is 0 Å². The molecule has 0 saturated heterocycles. The van der Waals surface area contributed by atoms with Gasteiger partial charge in [-0.05, 0) is 6.08 Å². The average Bonchev–Trinajstić information content (AvgIpc) is 2.03. The monoisotopic (exact) mass is 182 g/mol. The molecule has 0 aliphatic carbocycles. The minimum Gasteiger partial charge on any atom is -0.398 e. The van der Waals surface area contributed by atoms with Gasteiger partial charge in [0.05, 0.1) is 10.6 Å². The third-order valence-corrected chi connectivity index (χ3v) is 1.80. The van der Waals surface area contributed by atoms with Gasteiger partial charge in [-0.3, -0.25) is 0 Å². The molecule has 0 radical (unpaired) electrons. The van der Waals surface area contributed by atoms with Crippen molar-refractivity contribution in [2.45, 2.75) is 0 Å². The third kappa shape index (κ3) is 2.53. The van der Waals surface area contributed by atoms with E-state index in [0.717, 1.165) is 5.70 Å². The minimum absolute atomic E-state index is 0.526. The molecule has 0 saturated carbocycles. The molecule has 66 valence electrons. The van der Waals surface area contributed by atoms with Crippen molar-refractivity contribution in [1.29, 1.82) is 0 Å². The summed E-state index contributed by atoms with van der Waals surface area (Å²) in [5.74, 6) is 0. The molecule has 0 heterocycles. The summed E-state index contributed by atoms with van der Waals surface area (Å²) in [6, 6.07) is 0. The van der Waals surface area contributed by atoms with Crippen LogP contribution < -0.4 is 5.73 Å². The highest BCUT2D eigenvalue weighted by molar-refractivity contribution is 7.84. The van der Waals surface area contributed by atoms with E-state index in [1.807, 2.05) is 19.0 Å². The summed E-state index contributed by atoms with van der Waals surface area (Å²) < 4.78 is 0. The lowest BCUT2D eigenvalue weighted by atomic mass is 10.3. The van der Waals surface area contributed by atoms with Crippen molar-refractivity contribution in [3.8, 4) is 0 Å². The van der Waals surface area contributed by atoms with Crippen molar-refractivity contribution in [1.82, 2.24) is 4.90 Å². The first-order chi connectivity index (χ1) is 5.54. The van der Waals surface area contributed by atoms with Crippen molar-refractivity contribution in [3.05, 3.63) is 41.3 Å². The zero-order chi connectivity index (χ0) is 9.72. The first-order valence-corrected chi connectivity index (χ1v) is 3.88. The molecule has 0 rings (SSSR count). The van der Waals surface area contributed by atoms with Crippen LogP contribution in [-0.4, -0.2) is 19.0 Å². The Bertz CT molecular complexity index is 258. The molecule has 0 bridgehead atoms. The summed E-state index contributed by atoms with van der Waals surface area (Å²) in [5, 5.41) is 0. The van der Waals surface area contributed by atoms with Crippen molar-refractivity contribution >= 4 is 12.6 Å². The van der Waals surface area contributed by atoms with E-state index in [1.165, 1.54) is 0 Å². The van der Waals surface area contributed by atoms with Gasteiger partial charge < -0.3 is 10.6 Å². The van der Waals surface area contributed by atoms with Gasteiger partial charge in [0.15, 0.2) is 0 Å². The predicted molar refractivity (Wildman–Crippen MR) is 56.7 cm³/mol. The number of hydrogen-bond donors (Lipinski definition) is 2. The van der Waals surface area contributed by atoms with Gasteiger partial charge in [-0.25, -0.2) is 0 Å². The van der Waals surface area contributed by atoms with Crippen LogP contribution in [0.25, 0.3) is 0 Å². The number of likely N-dealkylation sites (N-methyl/N-ethyl adjacent to an activating group) is 1. The van der Waals surface area contributed by atoms with Crippen molar-refractivity contribution in [2.75, 3.05) is 14.1 Å². The summed E-state index contributed by atoms with van der Waals surface area (Å²) in [5.41, 5.74) is 9.63.